The molecule has 2 aromatic carbocycles. The predicted molar refractivity (Wildman–Crippen MR) is 196 cm³/mol. The molecule has 0 N–H and O–H groups in total. The fraction of sp³-hybridized carbons (Fsp3) is 0.714. The Bertz CT molecular complexity index is 1200. The highest BCUT2D eigenvalue weighted by Gasteiger charge is 2.39. The number of hydrogen-bond acceptors (Lipinski definition) is 2. The molecule has 0 spiro atoms. The van der Waals surface area contributed by atoms with E-state index in [1.165, 1.54) is 127 Å². The van der Waals surface area contributed by atoms with Gasteiger partial charge < -0.3 is 66.4 Å². The van der Waals surface area contributed by atoms with Crippen LogP contribution in [0.4, 0.5) is 26.3 Å². The van der Waals surface area contributed by atoms with E-state index in [9.17, 15) is 26.3 Å². The molecule has 12 heteroatoms. The summed E-state index contributed by atoms with van der Waals surface area (Å²) in [5.41, 5.74) is -1.29. The highest BCUT2D eigenvalue weighted by atomic mass is 127. The number of hydrogen-bond donors (Lipinski definition) is 0. The maximum absolute atomic E-state index is 12.8. The van der Waals surface area contributed by atoms with E-state index >= 15 is 0 Å². The number of benzene rings is 2. The number of unbranched alkanes of at least 4 members (excludes halogenated alkanes) is 13. The van der Waals surface area contributed by atoms with E-state index in [0.29, 0.717) is 36.8 Å². The summed E-state index contributed by atoms with van der Waals surface area (Å²) in [7, 11) is 4.63. The molecule has 0 bridgehead atoms. The molecule has 310 valence electrons. The lowest BCUT2D eigenvalue weighted by Crippen LogP contribution is -3.00. The van der Waals surface area contributed by atoms with Gasteiger partial charge in [0, 0.05) is 25.7 Å². The summed E-state index contributed by atoms with van der Waals surface area (Å²) in [5, 5.41) is 0. The summed E-state index contributed by atoms with van der Waals surface area (Å²) in [6.07, 6.45) is 14.0. The van der Waals surface area contributed by atoms with Crippen molar-refractivity contribution in [2.45, 2.75) is 140 Å². The highest BCUT2D eigenvalue weighted by Crippen LogP contribution is 2.33. The number of halogens is 8. The van der Waals surface area contributed by atoms with Gasteiger partial charge in [-0.15, -0.1) is 0 Å². The Balaban J connectivity index is 0.00000504. The maximum atomic E-state index is 12.8. The van der Waals surface area contributed by atoms with Crippen molar-refractivity contribution >= 4 is 0 Å². The highest BCUT2D eigenvalue weighted by molar-refractivity contribution is 5.29. The number of quaternary nitrogens is 2. The van der Waals surface area contributed by atoms with E-state index in [4.69, 9.17) is 9.47 Å². The van der Waals surface area contributed by atoms with Gasteiger partial charge in [0.2, 0.25) is 0 Å². The monoisotopic (exact) mass is 996 g/mol. The molecular formula is C42H64F6I2N2O2. The van der Waals surface area contributed by atoms with Gasteiger partial charge in [-0.3, -0.25) is 0 Å². The summed E-state index contributed by atoms with van der Waals surface area (Å²) in [5.74, 6) is 1.02. The zero-order chi connectivity index (χ0) is 37.5. The van der Waals surface area contributed by atoms with Crippen molar-refractivity contribution < 1.29 is 92.7 Å². The molecule has 0 aliphatic carbocycles. The van der Waals surface area contributed by atoms with Crippen molar-refractivity contribution in [3.8, 4) is 11.5 Å². The predicted octanol–water partition coefficient (Wildman–Crippen LogP) is 5.87. The van der Waals surface area contributed by atoms with Crippen molar-refractivity contribution in [2.24, 2.45) is 0 Å². The first-order valence-corrected chi connectivity index (χ1v) is 20.1. The second-order valence-corrected chi connectivity index (χ2v) is 16.1. The smallest absolute Gasteiger partial charge is 0.416 e. The SMILES string of the molecule is C[N+]1(CCCCCCCCCCCCCCCC[N+]2(C)CCCC2COc2ccc(C(F)(F)F)cc2)CCCC1COc1ccc(C(F)(F)F)cc1.[I-].[I-]. The minimum atomic E-state index is -4.32. The summed E-state index contributed by atoms with van der Waals surface area (Å²) < 4.78 is 90.9. The van der Waals surface area contributed by atoms with Gasteiger partial charge in [-0.2, -0.15) is 26.3 Å². The first-order valence-electron chi connectivity index (χ1n) is 20.1. The standard InChI is InChI=1S/C42H64F6N2O2.2HI/c1-49(31-17-19-37(49)33-51-39-25-21-35(22-26-39)41(43,44)45)29-15-13-11-9-7-5-3-4-6-8-10-12-14-16-30-50(2)32-18-20-38(50)34-52-40-27-23-36(24-28-40)42(46,47)48;;/h21-28,37-38H,3-20,29-34H2,1-2H3;2*1H/q+2;;/p-2. The van der Waals surface area contributed by atoms with Crippen LogP contribution in [0.5, 0.6) is 11.5 Å². The third-order valence-corrected chi connectivity index (χ3v) is 12.0. The molecule has 0 amide bonds. The Labute approximate surface area is 355 Å². The minimum absolute atomic E-state index is 0. The van der Waals surface area contributed by atoms with Gasteiger partial charge in [-0.1, -0.05) is 64.2 Å². The van der Waals surface area contributed by atoms with Gasteiger partial charge in [-0.25, -0.2) is 0 Å². The molecule has 4 rings (SSSR count). The van der Waals surface area contributed by atoms with E-state index < -0.39 is 23.5 Å². The quantitative estimate of drug-likeness (QED) is 0.0602. The lowest BCUT2D eigenvalue weighted by Gasteiger charge is -2.36. The molecule has 2 aromatic rings. The molecular weight excluding hydrogens is 932 g/mol. The zero-order valence-corrected chi connectivity index (χ0v) is 36.8. The minimum Gasteiger partial charge on any atom is -1.00 e. The summed E-state index contributed by atoms with van der Waals surface area (Å²) >= 11 is 0. The largest absolute Gasteiger partial charge is 1.00 e. The Hall–Kier alpha value is -1.000. The van der Waals surface area contributed by atoms with E-state index in [0.717, 1.165) is 72.3 Å². The third kappa shape index (κ3) is 16.5. The maximum Gasteiger partial charge on any atom is 0.416 e. The Morgan fingerprint density at radius 2 is 0.759 bits per heavy atom. The fourth-order valence-corrected chi connectivity index (χ4v) is 8.41. The molecule has 2 heterocycles. The van der Waals surface area contributed by atoms with E-state index in [-0.39, 0.29) is 48.0 Å². The van der Waals surface area contributed by atoms with Gasteiger partial charge >= 0.3 is 12.4 Å². The van der Waals surface area contributed by atoms with Crippen molar-refractivity contribution in [3.05, 3.63) is 59.7 Å². The lowest BCUT2D eigenvalue weighted by molar-refractivity contribution is -0.921. The molecule has 2 saturated heterocycles. The van der Waals surface area contributed by atoms with Crippen LogP contribution in [0, 0.1) is 0 Å². The number of likely N-dealkylation sites (tertiary alicyclic amines) is 2. The number of rotatable bonds is 23. The third-order valence-electron chi connectivity index (χ3n) is 12.0. The van der Waals surface area contributed by atoms with Crippen LogP contribution in [0.25, 0.3) is 0 Å². The van der Waals surface area contributed by atoms with Crippen molar-refractivity contribution in [2.75, 3.05) is 53.5 Å². The normalized spacial score (nSPS) is 22.8. The van der Waals surface area contributed by atoms with E-state index in [1.54, 1.807) is 0 Å². The average molecular weight is 997 g/mol. The summed E-state index contributed by atoms with van der Waals surface area (Å²) in [4.78, 5) is 0. The zero-order valence-electron chi connectivity index (χ0n) is 32.5. The Morgan fingerprint density at radius 3 is 1.04 bits per heavy atom. The lowest BCUT2D eigenvalue weighted by atomic mass is 10.0. The number of alkyl halides is 6. The molecule has 0 saturated carbocycles. The molecule has 2 aliphatic rings. The number of ether oxygens (including phenoxy) is 2. The first kappa shape index (κ1) is 49.1. The molecule has 4 unspecified atom stereocenters. The van der Waals surface area contributed by atoms with Crippen LogP contribution >= 0.6 is 0 Å². The van der Waals surface area contributed by atoms with Crippen LogP contribution < -0.4 is 57.4 Å². The topological polar surface area (TPSA) is 18.5 Å². The molecule has 4 atom stereocenters. The van der Waals surface area contributed by atoms with E-state index in [1.807, 2.05) is 0 Å². The van der Waals surface area contributed by atoms with Crippen LogP contribution in [0.15, 0.2) is 48.5 Å². The Kier molecular flexibility index (Phi) is 21.9. The average Bonchev–Trinajstić information content (AvgIpc) is 3.66. The molecule has 4 nitrogen and oxygen atoms in total. The fourth-order valence-electron chi connectivity index (χ4n) is 8.41. The molecule has 0 radical (unpaired) electrons. The van der Waals surface area contributed by atoms with Crippen LogP contribution in [0.3, 0.4) is 0 Å². The van der Waals surface area contributed by atoms with Crippen LogP contribution in [-0.4, -0.2) is 74.5 Å². The number of nitrogens with zero attached hydrogens (tertiary/aromatic N) is 2. The second kappa shape index (κ2) is 24.0. The second-order valence-electron chi connectivity index (χ2n) is 16.1. The Morgan fingerprint density at radius 1 is 0.481 bits per heavy atom. The van der Waals surface area contributed by atoms with Crippen molar-refractivity contribution in [1.82, 2.24) is 0 Å². The van der Waals surface area contributed by atoms with E-state index in [2.05, 4.69) is 14.1 Å². The van der Waals surface area contributed by atoms with Gasteiger partial charge in [0.15, 0.2) is 0 Å². The number of likely N-dealkylation sites (N-methyl/N-ethyl adjacent to an activating group) is 2. The molecule has 54 heavy (non-hydrogen) atoms. The van der Waals surface area contributed by atoms with Gasteiger partial charge in [-0.05, 0) is 74.2 Å². The van der Waals surface area contributed by atoms with Crippen molar-refractivity contribution in [1.29, 1.82) is 0 Å². The van der Waals surface area contributed by atoms with Gasteiger partial charge in [0.25, 0.3) is 0 Å². The van der Waals surface area contributed by atoms with Gasteiger partial charge in [0.05, 0.1) is 51.4 Å². The summed E-state index contributed by atoms with van der Waals surface area (Å²) in [6.45, 7) is 5.69. The van der Waals surface area contributed by atoms with Crippen LogP contribution in [0.1, 0.15) is 127 Å². The molecule has 2 aliphatic heterocycles. The molecule has 0 aromatic heterocycles. The molecule has 2 fully saturated rings. The van der Waals surface area contributed by atoms with Crippen molar-refractivity contribution in [3.63, 3.8) is 0 Å². The van der Waals surface area contributed by atoms with Crippen LogP contribution in [-0.2, 0) is 12.4 Å². The summed E-state index contributed by atoms with van der Waals surface area (Å²) in [6, 6.07) is 10.9. The van der Waals surface area contributed by atoms with Crippen LogP contribution in [0.2, 0.25) is 0 Å². The first-order chi connectivity index (χ1) is 24.8. The van der Waals surface area contributed by atoms with Gasteiger partial charge in [0.1, 0.15) is 36.8 Å².